The van der Waals surface area contributed by atoms with E-state index in [9.17, 15) is 0 Å². The van der Waals surface area contributed by atoms with E-state index in [1.54, 1.807) is 0 Å². The maximum Gasteiger partial charge on any atom is 0.0895 e. The highest BCUT2D eigenvalue weighted by Gasteiger charge is 2.14. The Morgan fingerprint density at radius 2 is 2.33 bits per heavy atom. The van der Waals surface area contributed by atoms with E-state index in [2.05, 4.69) is 11.4 Å². The Labute approximate surface area is 93.8 Å². The quantitative estimate of drug-likeness (QED) is 0.693. The van der Waals surface area contributed by atoms with Crippen molar-refractivity contribution >= 4 is 11.3 Å². The van der Waals surface area contributed by atoms with E-state index < -0.39 is 6.10 Å². The zero-order valence-electron chi connectivity index (χ0n) is 8.70. The molecule has 0 aliphatic heterocycles. The van der Waals surface area contributed by atoms with E-state index in [0.29, 0.717) is 6.54 Å². The third-order valence-corrected chi connectivity index (χ3v) is 3.92. The molecule has 1 atom stereocenters. The summed E-state index contributed by atoms with van der Waals surface area (Å²) in [5.74, 6) is 0. The smallest absolute Gasteiger partial charge is 0.0895 e. The maximum absolute atomic E-state index is 9.14. The summed E-state index contributed by atoms with van der Waals surface area (Å²) < 4.78 is 0. The van der Waals surface area contributed by atoms with Gasteiger partial charge in [-0.25, -0.2) is 0 Å². The lowest BCUT2D eigenvalue weighted by Gasteiger charge is -2.07. The topological polar surface area (TPSA) is 52.5 Å². The molecule has 0 aromatic carbocycles. The Hall–Kier alpha value is -0.420. The zero-order chi connectivity index (χ0) is 10.7. The van der Waals surface area contributed by atoms with Crippen molar-refractivity contribution in [2.24, 2.45) is 0 Å². The predicted octanol–water partition coefficient (Wildman–Crippen LogP) is 0.680. The van der Waals surface area contributed by atoms with Crippen LogP contribution in [-0.4, -0.2) is 29.5 Å². The second kappa shape index (κ2) is 5.07. The first-order valence-corrected chi connectivity index (χ1v) is 6.21. The van der Waals surface area contributed by atoms with Gasteiger partial charge in [-0.3, -0.25) is 0 Å². The number of hydrogen-bond donors (Lipinski definition) is 3. The fourth-order valence-electron chi connectivity index (χ4n) is 1.90. The Kier molecular flexibility index (Phi) is 3.75. The van der Waals surface area contributed by atoms with Gasteiger partial charge < -0.3 is 15.5 Å². The SMILES string of the molecule is OCC(O)CNCc1cc2c(s1)CCC2. The van der Waals surface area contributed by atoms with Crippen LogP contribution in [0.5, 0.6) is 0 Å². The molecule has 2 rings (SSSR count). The van der Waals surface area contributed by atoms with Gasteiger partial charge in [0.05, 0.1) is 12.7 Å². The average Bonchev–Trinajstić information content (AvgIpc) is 2.77. The summed E-state index contributed by atoms with van der Waals surface area (Å²) in [4.78, 5) is 2.87. The van der Waals surface area contributed by atoms with Crippen LogP contribution in [0.1, 0.15) is 21.7 Å². The highest BCUT2D eigenvalue weighted by atomic mass is 32.1. The average molecular weight is 227 g/mol. The van der Waals surface area contributed by atoms with Crippen molar-refractivity contribution in [3.05, 3.63) is 21.4 Å². The van der Waals surface area contributed by atoms with Crippen LogP contribution in [0.15, 0.2) is 6.07 Å². The summed E-state index contributed by atoms with van der Waals surface area (Å²) in [5, 5.41) is 20.9. The van der Waals surface area contributed by atoms with Gasteiger partial charge in [-0.15, -0.1) is 11.3 Å². The highest BCUT2D eigenvalue weighted by Crippen LogP contribution is 2.30. The molecule has 0 saturated carbocycles. The standard InChI is InChI=1S/C11H17NO2S/c13-7-9(14)5-12-6-10-4-8-2-1-3-11(8)15-10/h4,9,12-14H,1-3,5-7H2. The first-order valence-electron chi connectivity index (χ1n) is 5.39. The largest absolute Gasteiger partial charge is 0.394 e. The van der Waals surface area contributed by atoms with Crippen LogP contribution >= 0.6 is 11.3 Å². The van der Waals surface area contributed by atoms with Crippen molar-refractivity contribution < 1.29 is 10.2 Å². The fourth-order valence-corrected chi connectivity index (χ4v) is 3.13. The summed E-state index contributed by atoms with van der Waals surface area (Å²) in [6.45, 7) is 1.09. The Bertz CT molecular complexity index is 303. The molecular weight excluding hydrogens is 210 g/mol. The van der Waals surface area contributed by atoms with E-state index in [1.165, 1.54) is 34.6 Å². The first-order chi connectivity index (χ1) is 7.29. The molecule has 0 amide bonds. The van der Waals surface area contributed by atoms with Crippen LogP contribution < -0.4 is 5.32 Å². The van der Waals surface area contributed by atoms with Gasteiger partial charge in [0.25, 0.3) is 0 Å². The Balaban J connectivity index is 1.79. The van der Waals surface area contributed by atoms with Crippen molar-refractivity contribution in [1.82, 2.24) is 5.32 Å². The molecule has 1 unspecified atom stereocenters. The van der Waals surface area contributed by atoms with Crippen molar-refractivity contribution in [2.75, 3.05) is 13.2 Å². The predicted molar refractivity (Wildman–Crippen MR) is 61.1 cm³/mol. The second-order valence-corrected chi connectivity index (χ2v) is 5.20. The molecule has 3 nitrogen and oxygen atoms in total. The van der Waals surface area contributed by atoms with Crippen molar-refractivity contribution in [2.45, 2.75) is 31.9 Å². The molecule has 4 heteroatoms. The molecule has 1 aromatic rings. The van der Waals surface area contributed by atoms with Crippen LogP contribution in [0.4, 0.5) is 0 Å². The summed E-state index contributed by atoms with van der Waals surface area (Å²) in [5.41, 5.74) is 1.51. The van der Waals surface area contributed by atoms with Gasteiger partial charge in [0.1, 0.15) is 0 Å². The lowest BCUT2D eigenvalue weighted by molar-refractivity contribution is 0.0943. The van der Waals surface area contributed by atoms with Crippen LogP contribution in [0, 0.1) is 0 Å². The molecule has 0 bridgehead atoms. The molecule has 84 valence electrons. The summed E-state index contributed by atoms with van der Waals surface area (Å²) in [7, 11) is 0. The summed E-state index contributed by atoms with van der Waals surface area (Å²) in [6, 6.07) is 2.27. The van der Waals surface area contributed by atoms with Gasteiger partial charge in [0.2, 0.25) is 0 Å². The maximum atomic E-state index is 9.14. The minimum absolute atomic E-state index is 0.173. The number of aliphatic hydroxyl groups excluding tert-OH is 2. The molecule has 1 aromatic heterocycles. The minimum atomic E-state index is -0.642. The van der Waals surface area contributed by atoms with E-state index in [0.717, 1.165) is 6.54 Å². The van der Waals surface area contributed by atoms with Gasteiger partial charge in [0, 0.05) is 22.8 Å². The molecule has 0 saturated heterocycles. The number of rotatable bonds is 5. The normalized spacial score (nSPS) is 16.7. The van der Waals surface area contributed by atoms with Crippen LogP contribution in [0.3, 0.4) is 0 Å². The molecule has 15 heavy (non-hydrogen) atoms. The van der Waals surface area contributed by atoms with E-state index in [1.807, 2.05) is 11.3 Å². The van der Waals surface area contributed by atoms with Crippen molar-refractivity contribution in [3.63, 3.8) is 0 Å². The van der Waals surface area contributed by atoms with Crippen molar-refractivity contribution in [3.8, 4) is 0 Å². The van der Waals surface area contributed by atoms with Crippen molar-refractivity contribution in [1.29, 1.82) is 0 Å². The minimum Gasteiger partial charge on any atom is -0.394 e. The van der Waals surface area contributed by atoms with Gasteiger partial charge in [-0.2, -0.15) is 0 Å². The molecule has 0 radical (unpaired) electrons. The lowest BCUT2D eigenvalue weighted by atomic mass is 10.2. The molecular formula is C11H17NO2S. The van der Waals surface area contributed by atoms with Gasteiger partial charge >= 0.3 is 0 Å². The Morgan fingerprint density at radius 1 is 1.47 bits per heavy atom. The van der Waals surface area contributed by atoms with E-state index in [-0.39, 0.29) is 6.61 Å². The van der Waals surface area contributed by atoms with Gasteiger partial charge in [-0.05, 0) is 30.9 Å². The summed E-state index contributed by atoms with van der Waals surface area (Å²) >= 11 is 1.87. The number of aliphatic hydroxyl groups is 2. The molecule has 1 aliphatic carbocycles. The number of aryl methyl sites for hydroxylation is 2. The van der Waals surface area contributed by atoms with Gasteiger partial charge in [-0.1, -0.05) is 0 Å². The third kappa shape index (κ3) is 2.78. The summed E-state index contributed by atoms with van der Waals surface area (Å²) in [6.07, 6.45) is 3.12. The molecule has 0 spiro atoms. The zero-order valence-corrected chi connectivity index (χ0v) is 9.52. The number of hydrogen-bond acceptors (Lipinski definition) is 4. The molecule has 1 heterocycles. The number of fused-ring (bicyclic) bond motifs is 1. The van der Waals surface area contributed by atoms with Crippen LogP contribution in [0.25, 0.3) is 0 Å². The molecule has 1 aliphatic rings. The van der Waals surface area contributed by atoms with E-state index in [4.69, 9.17) is 10.2 Å². The highest BCUT2D eigenvalue weighted by molar-refractivity contribution is 7.12. The second-order valence-electron chi connectivity index (χ2n) is 3.98. The Morgan fingerprint density at radius 3 is 3.07 bits per heavy atom. The molecule has 3 N–H and O–H groups in total. The van der Waals surface area contributed by atoms with Crippen LogP contribution in [0.2, 0.25) is 0 Å². The molecule has 0 fully saturated rings. The van der Waals surface area contributed by atoms with Crippen LogP contribution in [-0.2, 0) is 19.4 Å². The lowest BCUT2D eigenvalue weighted by Crippen LogP contribution is -2.28. The fraction of sp³-hybridized carbons (Fsp3) is 0.636. The number of nitrogens with one attached hydrogen (secondary N) is 1. The first kappa shape index (κ1) is 11.1. The van der Waals surface area contributed by atoms with Gasteiger partial charge in [0.15, 0.2) is 0 Å². The number of thiophene rings is 1. The monoisotopic (exact) mass is 227 g/mol. The third-order valence-electron chi connectivity index (χ3n) is 2.69. The van der Waals surface area contributed by atoms with E-state index >= 15 is 0 Å².